The first kappa shape index (κ1) is 13.6. The first-order chi connectivity index (χ1) is 9.04. The van der Waals surface area contributed by atoms with Crippen LogP contribution in [0.3, 0.4) is 0 Å². The highest BCUT2D eigenvalue weighted by molar-refractivity contribution is 9.10. The van der Waals surface area contributed by atoms with Crippen molar-refractivity contribution in [1.82, 2.24) is 9.55 Å². The van der Waals surface area contributed by atoms with Gasteiger partial charge in [-0.05, 0) is 40.2 Å². The highest BCUT2D eigenvalue weighted by atomic mass is 79.9. The molecule has 1 aromatic heterocycles. The summed E-state index contributed by atoms with van der Waals surface area (Å²) in [6, 6.07) is 10.3. The van der Waals surface area contributed by atoms with Crippen LogP contribution in [0.2, 0.25) is 0 Å². The summed E-state index contributed by atoms with van der Waals surface area (Å²) < 4.78 is 2.82. The number of imidazole rings is 1. The number of anilines is 1. The lowest BCUT2D eigenvalue weighted by atomic mass is 10.2. The molecule has 0 saturated heterocycles. The Kier molecular flexibility index (Phi) is 3.91. The van der Waals surface area contributed by atoms with Crippen molar-refractivity contribution in [3.8, 4) is 17.5 Å². The van der Waals surface area contributed by atoms with E-state index in [1.165, 1.54) is 0 Å². The van der Waals surface area contributed by atoms with E-state index >= 15 is 0 Å². The molecule has 1 aromatic carbocycles. The summed E-state index contributed by atoms with van der Waals surface area (Å²) in [4.78, 5) is 6.58. The highest BCUT2D eigenvalue weighted by Gasteiger charge is 2.13. The molecule has 4 nitrogen and oxygen atoms in total. The molecule has 0 aliphatic carbocycles. The summed E-state index contributed by atoms with van der Waals surface area (Å²) in [6.45, 7) is 0. The number of nitriles is 1. The van der Waals surface area contributed by atoms with E-state index in [4.69, 9.17) is 5.26 Å². The zero-order valence-electron chi connectivity index (χ0n) is 11.2. The monoisotopic (exact) mass is 318 g/mol. The molecule has 0 N–H and O–H groups in total. The van der Waals surface area contributed by atoms with Gasteiger partial charge in [-0.3, -0.25) is 0 Å². The van der Waals surface area contributed by atoms with Crippen LogP contribution in [0.1, 0.15) is 5.69 Å². The minimum absolute atomic E-state index is 0.310. The number of hydrogen-bond acceptors (Lipinski definition) is 3. The van der Waals surface area contributed by atoms with Gasteiger partial charge in [0.25, 0.3) is 0 Å². The number of aromatic nitrogens is 2. The topological polar surface area (TPSA) is 44.9 Å². The molecule has 2 rings (SSSR count). The van der Waals surface area contributed by atoms with Crippen molar-refractivity contribution >= 4 is 21.6 Å². The van der Waals surface area contributed by atoms with Crippen LogP contribution >= 0.6 is 15.9 Å². The Morgan fingerprint density at radius 2 is 1.95 bits per heavy atom. The molecule has 0 radical (unpaired) electrons. The molecule has 0 unspecified atom stereocenters. The molecule has 0 spiro atoms. The van der Waals surface area contributed by atoms with Crippen LogP contribution in [0.15, 0.2) is 28.9 Å². The maximum absolute atomic E-state index is 8.79. The molecule has 0 aliphatic rings. The minimum atomic E-state index is 0.310. The Balaban J connectivity index is 2.42. The smallest absolute Gasteiger partial charge is 0.140 e. The van der Waals surface area contributed by atoms with Gasteiger partial charge in [0, 0.05) is 32.4 Å². The van der Waals surface area contributed by atoms with Crippen molar-refractivity contribution in [1.29, 1.82) is 5.26 Å². The lowest BCUT2D eigenvalue weighted by Crippen LogP contribution is -2.08. The summed E-state index contributed by atoms with van der Waals surface area (Å²) in [5, 5.41) is 8.79. The van der Waals surface area contributed by atoms with Gasteiger partial charge in [-0.25, -0.2) is 4.98 Å². The van der Waals surface area contributed by atoms with Gasteiger partial charge in [-0.1, -0.05) is 0 Å². The van der Waals surface area contributed by atoms with Crippen molar-refractivity contribution in [2.45, 2.75) is 6.42 Å². The van der Waals surface area contributed by atoms with Crippen LogP contribution in [-0.4, -0.2) is 23.6 Å². The van der Waals surface area contributed by atoms with Crippen molar-refractivity contribution in [3.63, 3.8) is 0 Å². The van der Waals surface area contributed by atoms with Crippen LogP contribution in [0, 0.1) is 11.3 Å². The van der Waals surface area contributed by atoms with Gasteiger partial charge in [0.2, 0.25) is 0 Å². The lowest BCUT2D eigenvalue weighted by Gasteiger charge is -2.12. The van der Waals surface area contributed by atoms with E-state index in [9.17, 15) is 0 Å². The van der Waals surface area contributed by atoms with E-state index in [1.807, 2.05) is 37.8 Å². The van der Waals surface area contributed by atoms with Gasteiger partial charge in [-0.2, -0.15) is 5.26 Å². The second-order valence-electron chi connectivity index (χ2n) is 4.51. The van der Waals surface area contributed by atoms with Gasteiger partial charge in [0.15, 0.2) is 0 Å². The molecule has 0 amide bonds. The van der Waals surface area contributed by atoms with Crippen molar-refractivity contribution in [3.05, 3.63) is 34.6 Å². The molecule has 0 saturated carbocycles. The van der Waals surface area contributed by atoms with Gasteiger partial charge < -0.3 is 9.47 Å². The highest BCUT2D eigenvalue weighted by Crippen LogP contribution is 2.26. The summed E-state index contributed by atoms with van der Waals surface area (Å²) >= 11 is 3.48. The third kappa shape index (κ3) is 2.64. The van der Waals surface area contributed by atoms with E-state index in [0.717, 1.165) is 27.4 Å². The lowest BCUT2D eigenvalue weighted by molar-refractivity contribution is 0.898. The molecule has 2 aromatic rings. The first-order valence-electron chi connectivity index (χ1n) is 5.90. The number of hydrogen-bond donors (Lipinski definition) is 0. The van der Waals surface area contributed by atoms with Crippen LogP contribution in [0.25, 0.3) is 11.4 Å². The molecule has 19 heavy (non-hydrogen) atoms. The standard InChI is InChI=1S/C14H15BrN4/c1-18(2)11-6-4-10(5-7-11)14-17-12(8-9-16)13(15)19(14)3/h4-7H,8H2,1-3H3. The molecular formula is C14H15BrN4. The largest absolute Gasteiger partial charge is 0.378 e. The summed E-state index contributed by atoms with van der Waals surface area (Å²) in [5.41, 5.74) is 2.96. The van der Waals surface area contributed by atoms with Crippen molar-refractivity contribution in [2.24, 2.45) is 7.05 Å². The Morgan fingerprint density at radius 3 is 2.47 bits per heavy atom. The maximum atomic E-state index is 8.79. The van der Waals surface area contributed by atoms with Crippen LogP contribution in [0.4, 0.5) is 5.69 Å². The first-order valence-corrected chi connectivity index (χ1v) is 6.69. The minimum Gasteiger partial charge on any atom is -0.378 e. The van der Waals surface area contributed by atoms with E-state index in [-0.39, 0.29) is 0 Å². The van der Waals surface area contributed by atoms with Gasteiger partial charge in [-0.15, -0.1) is 0 Å². The second kappa shape index (κ2) is 5.45. The molecule has 0 fully saturated rings. The van der Waals surface area contributed by atoms with E-state index < -0.39 is 0 Å². The number of nitrogens with zero attached hydrogens (tertiary/aromatic N) is 4. The van der Waals surface area contributed by atoms with Crippen molar-refractivity contribution in [2.75, 3.05) is 19.0 Å². The molecule has 98 valence electrons. The normalized spacial score (nSPS) is 10.3. The molecular weight excluding hydrogens is 304 g/mol. The Morgan fingerprint density at radius 1 is 1.32 bits per heavy atom. The number of benzene rings is 1. The summed E-state index contributed by atoms with van der Waals surface area (Å²) in [7, 11) is 5.96. The summed E-state index contributed by atoms with van der Waals surface area (Å²) in [6.07, 6.45) is 0.310. The maximum Gasteiger partial charge on any atom is 0.140 e. The summed E-state index contributed by atoms with van der Waals surface area (Å²) in [5.74, 6) is 0.863. The van der Waals surface area contributed by atoms with Crippen LogP contribution in [-0.2, 0) is 13.5 Å². The zero-order valence-corrected chi connectivity index (χ0v) is 12.8. The third-order valence-corrected chi connectivity index (χ3v) is 3.97. The zero-order chi connectivity index (χ0) is 14.0. The fourth-order valence-corrected chi connectivity index (χ4v) is 2.29. The molecule has 0 bridgehead atoms. The van der Waals surface area contributed by atoms with Crippen molar-refractivity contribution < 1.29 is 0 Å². The predicted molar refractivity (Wildman–Crippen MR) is 80.0 cm³/mol. The molecule has 0 aliphatic heterocycles. The quantitative estimate of drug-likeness (QED) is 0.874. The third-order valence-electron chi connectivity index (χ3n) is 2.98. The number of rotatable bonds is 3. The fourth-order valence-electron chi connectivity index (χ4n) is 1.89. The Labute approximate surface area is 121 Å². The van der Waals surface area contributed by atoms with Gasteiger partial charge >= 0.3 is 0 Å². The van der Waals surface area contributed by atoms with E-state index in [1.54, 1.807) is 0 Å². The predicted octanol–water partition coefficient (Wildman–Crippen LogP) is 2.98. The SMILES string of the molecule is CN(C)c1ccc(-c2nc(CC#N)c(Br)n2C)cc1. The van der Waals surface area contributed by atoms with E-state index in [0.29, 0.717) is 6.42 Å². The van der Waals surface area contributed by atoms with Crippen LogP contribution in [0.5, 0.6) is 0 Å². The Hall–Kier alpha value is -1.80. The number of halogens is 1. The Bertz CT molecular complexity index is 620. The average molecular weight is 319 g/mol. The fraction of sp³-hybridized carbons (Fsp3) is 0.286. The average Bonchev–Trinajstić information content (AvgIpc) is 2.68. The van der Waals surface area contributed by atoms with Crippen LogP contribution < -0.4 is 4.90 Å². The van der Waals surface area contributed by atoms with E-state index in [2.05, 4.69) is 44.0 Å². The molecule has 5 heteroatoms. The van der Waals surface area contributed by atoms with Gasteiger partial charge in [0.05, 0.1) is 18.2 Å². The molecule has 1 heterocycles. The molecule has 0 atom stereocenters. The second-order valence-corrected chi connectivity index (χ2v) is 5.26. The van der Waals surface area contributed by atoms with Gasteiger partial charge in [0.1, 0.15) is 10.4 Å².